The van der Waals surface area contributed by atoms with Crippen LogP contribution in [0.15, 0.2) is 0 Å². The van der Waals surface area contributed by atoms with Crippen molar-refractivity contribution in [1.29, 1.82) is 0 Å². The van der Waals surface area contributed by atoms with E-state index in [9.17, 15) is 0 Å². The van der Waals surface area contributed by atoms with Crippen molar-refractivity contribution in [3.63, 3.8) is 0 Å². The molecular weight excluding hydrogens is 270 g/mol. The van der Waals surface area contributed by atoms with Gasteiger partial charge in [-0.1, -0.05) is 7.43 Å². The number of rotatable bonds is 3. The molecule has 3 spiro atoms. The van der Waals surface area contributed by atoms with E-state index in [0.717, 1.165) is 0 Å². The summed E-state index contributed by atoms with van der Waals surface area (Å²) in [6.07, 6.45) is 8.33. The van der Waals surface area contributed by atoms with Gasteiger partial charge in [-0.05, 0) is 80.1 Å². The second kappa shape index (κ2) is 4.70. The van der Waals surface area contributed by atoms with Crippen LogP contribution in [0.1, 0.15) is 87.5 Å². The average molecular weight is 308 g/mol. The first-order valence-corrected chi connectivity index (χ1v) is 9.20. The zero-order chi connectivity index (χ0) is 15.2. The van der Waals surface area contributed by atoms with Gasteiger partial charge in [0.25, 0.3) is 0 Å². The lowest BCUT2D eigenvalue weighted by atomic mass is 10.0. The van der Waals surface area contributed by atoms with Crippen LogP contribution in [0.2, 0.25) is 0 Å². The molecule has 4 rings (SSSR count). The van der Waals surface area contributed by atoms with Crippen molar-refractivity contribution >= 4 is 0 Å². The third-order valence-electron chi connectivity index (χ3n) is 6.33. The second-order valence-electron chi connectivity index (χ2n) is 8.84. The third kappa shape index (κ3) is 1.79. The Morgan fingerprint density at radius 1 is 0.500 bits per heavy atom. The minimum atomic E-state index is 0. The van der Waals surface area contributed by atoms with E-state index in [0.29, 0.717) is 35.1 Å². The zero-order valence-corrected chi connectivity index (χ0v) is 14.8. The first-order valence-electron chi connectivity index (χ1n) is 9.20. The fourth-order valence-electron chi connectivity index (χ4n) is 6.17. The molecule has 0 unspecified atom stereocenters. The Hall–Kier alpha value is -0.120. The van der Waals surface area contributed by atoms with Crippen molar-refractivity contribution in [2.24, 2.45) is 0 Å². The smallest absolute Gasteiger partial charge is 0.0774 e. The first-order chi connectivity index (χ1) is 9.82. The molecule has 1 heterocycles. The highest BCUT2D eigenvalue weighted by Gasteiger charge is 2.78. The molecule has 0 bridgehead atoms. The van der Waals surface area contributed by atoms with Crippen molar-refractivity contribution in [3.05, 3.63) is 0 Å². The van der Waals surface area contributed by atoms with Gasteiger partial charge >= 0.3 is 0 Å². The lowest BCUT2D eigenvalue weighted by molar-refractivity contribution is -0.242. The summed E-state index contributed by atoms with van der Waals surface area (Å²) in [5, 5.41) is 0. The van der Waals surface area contributed by atoms with Crippen molar-refractivity contribution in [2.45, 2.75) is 123 Å². The maximum atomic E-state index is 2.93. The SMILES string of the molecule is C.CC(C)N1C2(CC2)N(C(C)C)C2(CC2)N(C(C)C)C12CC2. The number of hydrogen-bond acceptors (Lipinski definition) is 3. The van der Waals surface area contributed by atoms with Gasteiger partial charge in [0.2, 0.25) is 0 Å². The van der Waals surface area contributed by atoms with Gasteiger partial charge < -0.3 is 0 Å². The van der Waals surface area contributed by atoms with Crippen LogP contribution in [-0.4, -0.2) is 49.8 Å². The Bertz CT molecular complexity index is 357. The highest BCUT2D eigenvalue weighted by atomic mass is 15.7. The molecule has 128 valence electrons. The summed E-state index contributed by atoms with van der Waals surface area (Å²) in [5.41, 5.74) is 1.17. The van der Waals surface area contributed by atoms with Gasteiger partial charge in [0.05, 0.1) is 17.0 Å². The van der Waals surface area contributed by atoms with Crippen LogP contribution in [0.4, 0.5) is 0 Å². The maximum absolute atomic E-state index is 2.93. The number of nitrogens with zero attached hydrogens (tertiary/aromatic N) is 3. The van der Waals surface area contributed by atoms with Crippen LogP contribution in [-0.2, 0) is 0 Å². The van der Waals surface area contributed by atoms with Crippen molar-refractivity contribution in [1.82, 2.24) is 14.7 Å². The van der Waals surface area contributed by atoms with Crippen LogP contribution < -0.4 is 0 Å². The van der Waals surface area contributed by atoms with Gasteiger partial charge in [-0.3, -0.25) is 14.7 Å². The molecular formula is C19H37N3. The van der Waals surface area contributed by atoms with Crippen molar-refractivity contribution in [2.75, 3.05) is 0 Å². The van der Waals surface area contributed by atoms with Gasteiger partial charge in [0.1, 0.15) is 0 Å². The van der Waals surface area contributed by atoms with E-state index in [1.807, 2.05) is 0 Å². The van der Waals surface area contributed by atoms with Crippen molar-refractivity contribution < 1.29 is 0 Å². The normalized spacial score (nSPS) is 31.5. The topological polar surface area (TPSA) is 9.72 Å². The summed E-state index contributed by atoms with van der Waals surface area (Å²) in [5.74, 6) is 0. The van der Waals surface area contributed by atoms with E-state index in [-0.39, 0.29) is 7.43 Å². The molecule has 4 fully saturated rings. The van der Waals surface area contributed by atoms with E-state index in [1.54, 1.807) is 0 Å². The zero-order valence-electron chi connectivity index (χ0n) is 14.8. The summed E-state index contributed by atoms with van der Waals surface area (Å²) in [7, 11) is 0. The Morgan fingerprint density at radius 2 is 0.682 bits per heavy atom. The van der Waals surface area contributed by atoms with Crippen molar-refractivity contribution in [3.8, 4) is 0 Å². The molecule has 0 aromatic heterocycles. The van der Waals surface area contributed by atoms with Crippen LogP contribution in [0.3, 0.4) is 0 Å². The molecule has 3 aliphatic carbocycles. The average Bonchev–Trinajstić information content (AvgIpc) is 3.16. The van der Waals surface area contributed by atoms with Gasteiger partial charge in [-0.15, -0.1) is 0 Å². The lowest BCUT2D eigenvalue weighted by Crippen LogP contribution is -2.78. The first kappa shape index (κ1) is 16.7. The van der Waals surface area contributed by atoms with Crippen LogP contribution in [0, 0.1) is 0 Å². The highest BCUT2D eigenvalue weighted by molar-refractivity contribution is 5.27. The van der Waals surface area contributed by atoms with Gasteiger partial charge in [-0.2, -0.15) is 0 Å². The molecule has 0 amide bonds. The molecule has 1 saturated heterocycles. The molecule has 0 N–H and O–H groups in total. The molecule has 3 saturated carbocycles. The lowest BCUT2D eigenvalue weighted by Gasteiger charge is -2.64. The molecule has 3 heteroatoms. The van der Waals surface area contributed by atoms with Crippen LogP contribution >= 0.6 is 0 Å². The fraction of sp³-hybridized carbons (Fsp3) is 1.00. The van der Waals surface area contributed by atoms with E-state index in [4.69, 9.17) is 0 Å². The molecule has 1 aliphatic heterocycles. The summed E-state index contributed by atoms with van der Waals surface area (Å²) in [6.45, 7) is 14.5. The molecule has 3 nitrogen and oxygen atoms in total. The Morgan fingerprint density at radius 3 is 0.773 bits per heavy atom. The van der Waals surface area contributed by atoms with E-state index < -0.39 is 0 Å². The van der Waals surface area contributed by atoms with Gasteiger partial charge in [0.15, 0.2) is 0 Å². The summed E-state index contributed by atoms with van der Waals surface area (Å²) in [6, 6.07) is 1.94. The van der Waals surface area contributed by atoms with E-state index in [2.05, 4.69) is 56.2 Å². The Labute approximate surface area is 138 Å². The fourth-order valence-corrected chi connectivity index (χ4v) is 6.17. The number of hydrogen-bond donors (Lipinski definition) is 0. The molecule has 0 atom stereocenters. The standard InChI is InChI=1S/C18H33N3.CH4/c1-13(2)19-16(7-8-16)20(14(3)4)18(11-12-18)21(15(5)6)17(19)9-10-17;/h13-15H,7-12H2,1-6H3;1H4. The molecule has 0 aromatic rings. The maximum Gasteiger partial charge on any atom is 0.0774 e. The summed E-state index contributed by atoms with van der Waals surface area (Å²) >= 11 is 0. The molecule has 22 heavy (non-hydrogen) atoms. The van der Waals surface area contributed by atoms with E-state index >= 15 is 0 Å². The molecule has 0 aromatic carbocycles. The monoisotopic (exact) mass is 307 g/mol. The largest absolute Gasteiger partial charge is 0.264 e. The Balaban J connectivity index is 0.00000144. The predicted octanol–water partition coefficient (Wildman–Crippen LogP) is 4.24. The Kier molecular flexibility index (Phi) is 3.58. The minimum absolute atomic E-state index is 0. The predicted molar refractivity (Wildman–Crippen MR) is 93.6 cm³/mol. The quantitative estimate of drug-likeness (QED) is 0.772. The van der Waals surface area contributed by atoms with Gasteiger partial charge in [-0.25, -0.2) is 0 Å². The van der Waals surface area contributed by atoms with E-state index in [1.165, 1.54) is 38.5 Å². The highest BCUT2D eigenvalue weighted by Crippen LogP contribution is 2.69. The minimum Gasteiger partial charge on any atom is -0.264 e. The van der Waals surface area contributed by atoms with Crippen LogP contribution in [0.25, 0.3) is 0 Å². The summed E-state index contributed by atoms with van der Waals surface area (Å²) < 4.78 is 0. The van der Waals surface area contributed by atoms with Gasteiger partial charge in [0, 0.05) is 18.1 Å². The second-order valence-corrected chi connectivity index (χ2v) is 8.84. The van der Waals surface area contributed by atoms with Crippen LogP contribution in [0.5, 0.6) is 0 Å². The summed E-state index contributed by atoms with van der Waals surface area (Å²) in [4.78, 5) is 8.80. The molecule has 0 radical (unpaired) electrons. The third-order valence-corrected chi connectivity index (χ3v) is 6.33. The molecule has 4 aliphatic rings.